The number of hydrogen-bond acceptors (Lipinski definition) is 5. The van der Waals surface area contributed by atoms with Crippen LogP contribution in [0.25, 0.3) is 0 Å². The van der Waals surface area contributed by atoms with Gasteiger partial charge in [-0.15, -0.1) is 11.3 Å². The lowest BCUT2D eigenvalue weighted by Gasteiger charge is -2.36. The highest BCUT2D eigenvalue weighted by Gasteiger charge is 2.52. The highest BCUT2D eigenvalue weighted by molar-refractivity contribution is 7.16. The molecule has 4 amide bonds. The van der Waals surface area contributed by atoms with Gasteiger partial charge in [-0.25, -0.2) is 14.7 Å². The van der Waals surface area contributed by atoms with Gasteiger partial charge < -0.3 is 0 Å². The van der Waals surface area contributed by atoms with Gasteiger partial charge in [-0.1, -0.05) is 13.8 Å². The van der Waals surface area contributed by atoms with Crippen molar-refractivity contribution in [1.82, 2.24) is 10.3 Å². The van der Waals surface area contributed by atoms with Crippen molar-refractivity contribution in [1.29, 1.82) is 0 Å². The number of nitrogens with one attached hydrogen (secondary N) is 1. The van der Waals surface area contributed by atoms with Crippen LogP contribution in [0.1, 0.15) is 43.7 Å². The molecule has 0 saturated carbocycles. The fourth-order valence-electron chi connectivity index (χ4n) is 3.00. The monoisotopic (exact) mass is 307 g/mol. The Labute approximate surface area is 126 Å². The Balaban J connectivity index is 2.02. The maximum atomic E-state index is 12.8. The zero-order valence-electron chi connectivity index (χ0n) is 12.1. The average molecular weight is 307 g/mol. The molecule has 1 aromatic rings. The summed E-state index contributed by atoms with van der Waals surface area (Å²) in [5, 5.41) is 2.70. The molecule has 0 spiro atoms. The Hall–Kier alpha value is -1.76. The Morgan fingerprint density at radius 1 is 1.24 bits per heavy atom. The molecule has 1 saturated heterocycles. The second-order valence-corrected chi connectivity index (χ2v) is 6.47. The summed E-state index contributed by atoms with van der Waals surface area (Å²) in [6, 6.07) is -0.685. The quantitative estimate of drug-likeness (QED) is 0.866. The van der Waals surface area contributed by atoms with Gasteiger partial charge in [0.2, 0.25) is 11.0 Å². The highest BCUT2D eigenvalue weighted by Crippen LogP contribution is 2.38. The number of imide groups is 2. The maximum absolute atomic E-state index is 12.8. The van der Waals surface area contributed by atoms with E-state index >= 15 is 0 Å². The normalized spacial score (nSPS) is 20.7. The van der Waals surface area contributed by atoms with Crippen LogP contribution in [0.4, 0.5) is 9.93 Å². The molecule has 2 heterocycles. The van der Waals surface area contributed by atoms with E-state index in [1.807, 2.05) is 0 Å². The lowest BCUT2D eigenvalue weighted by Crippen LogP contribution is -2.63. The van der Waals surface area contributed by atoms with E-state index in [9.17, 15) is 14.4 Å². The first-order chi connectivity index (χ1) is 10.0. The van der Waals surface area contributed by atoms with Crippen molar-refractivity contribution >= 4 is 34.3 Å². The number of urea groups is 1. The zero-order valence-corrected chi connectivity index (χ0v) is 12.9. The van der Waals surface area contributed by atoms with Crippen LogP contribution in [-0.4, -0.2) is 22.8 Å². The van der Waals surface area contributed by atoms with Gasteiger partial charge in [0.05, 0.1) is 5.69 Å². The number of fused-ring (bicyclic) bond motifs is 1. The van der Waals surface area contributed by atoms with E-state index in [1.165, 1.54) is 11.3 Å². The molecule has 1 aliphatic carbocycles. The molecule has 0 bridgehead atoms. The predicted octanol–water partition coefficient (Wildman–Crippen LogP) is 2.02. The van der Waals surface area contributed by atoms with Gasteiger partial charge in [-0.05, 0) is 32.1 Å². The van der Waals surface area contributed by atoms with Crippen LogP contribution in [0.5, 0.6) is 0 Å². The van der Waals surface area contributed by atoms with Crippen LogP contribution in [-0.2, 0) is 22.4 Å². The van der Waals surface area contributed by atoms with E-state index in [2.05, 4.69) is 10.3 Å². The minimum Gasteiger partial charge on any atom is -0.276 e. The third kappa shape index (κ3) is 1.91. The third-order valence-electron chi connectivity index (χ3n) is 4.45. The van der Waals surface area contributed by atoms with Crippen LogP contribution in [0, 0.1) is 5.41 Å². The predicted molar refractivity (Wildman–Crippen MR) is 78.2 cm³/mol. The summed E-state index contributed by atoms with van der Waals surface area (Å²) in [5.41, 5.74) is -0.185. The fourth-order valence-corrected chi connectivity index (χ4v) is 4.14. The fraction of sp³-hybridized carbons (Fsp3) is 0.571. The van der Waals surface area contributed by atoms with Crippen molar-refractivity contribution in [2.75, 3.05) is 4.90 Å². The summed E-state index contributed by atoms with van der Waals surface area (Å²) >= 11 is 1.38. The van der Waals surface area contributed by atoms with Gasteiger partial charge >= 0.3 is 6.03 Å². The molecule has 0 unspecified atom stereocenters. The largest absolute Gasteiger partial charge is 0.337 e. The number of hydrogen-bond donors (Lipinski definition) is 1. The molecule has 21 heavy (non-hydrogen) atoms. The van der Waals surface area contributed by atoms with Crippen molar-refractivity contribution in [2.24, 2.45) is 5.41 Å². The van der Waals surface area contributed by atoms with Gasteiger partial charge in [0.25, 0.3) is 5.91 Å². The molecule has 1 N–H and O–H groups in total. The van der Waals surface area contributed by atoms with Crippen molar-refractivity contribution < 1.29 is 14.4 Å². The third-order valence-corrected chi connectivity index (χ3v) is 5.60. The summed E-state index contributed by atoms with van der Waals surface area (Å²) in [6.45, 7) is 3.58. The van der Waals surface area contributed by atoms with E-state index in [1.54, 1.807) is 13.8 Å². The first-order valence-electron chi connectivity index (χ1n) is 7.22. The number of carbonyl (C=O) groups excluding carboxylic acids is 3. The first kappa shape index (κ1) is 14.2. The second kappa shape index (κ2) is 4.91. The van der Waals surface area contributed by atoms with Crippen LogP contribution in [0.2, 0.25) is 0 Å². The maximum Gasteiger partial charge on any atom is 0.337 e. The van der Waals surface area contributed by atoms with Crippen LogP contribution >= 0.6 is 11.3 Å². The molecule has 1 fully saturated rings. The average Bonchev–Trinajstić information content (AvgIpc) is 3.01. The number of aromatic nitrogens is 1. The molecule has 0 radical (unpaired) electrons. The number of barbiturate groups is 1. The van der Waals surface area contributed by atoms with E-state index in [0.29, 0.717) is 18.0 Å². The Bertz CT molecular complexity index is 612. The van der Waals surface area contributed by atoms with Gasteiger partial charge in [0.15, 0.2) is 0 Å². The number of anilines is 1. The Morgan fingerprint density at radius 2 is 1.95 bits per heavy atom. The van der Waals surface area contributed by atoms with Crippen molar-refractivity contribution in [2.45, 2.75) is 46.0 Å². The standard InChI is InChI=1S/C14H17N3O3S/c1-3-14(4-2)10(18)16-12(20)17(11(14)19)13-15-8-6-5-7-9(8)21-13/h3-7H2,1-2H3,(H,16,18,20). The molecule has 1 aliphatic heterocycles. The van der Waals surface area contributed by atoms with Gasteiger partial charge in [0, 0.05) is 4.88 Å². The SMILES string of the molecule is CCC1(CC)C(=O)NC(=O)N(c2nc3c(s2)CCC3)C1=O. The summed E-state index contributed by atoms with van der Waals surface area (Å²) in [5.74, 6) is -0.948. The number of aryl methyl sites for hydroxylation is 2. The molecule has 1 aromatic heterocycles. The molecule has 7 heteroatoms. The van der Waals surface area contributed by atoms with Crippen molar-refractivity contribution in [3.05, 3.63) is 10.6 Å². The summed E-state index contributed by atoms with van der Waals surface area (Å²) in [4.78, 5) is 43.6. The minimum absolute atomic E-state index is 0.364. The topological polar surface area (TPSA) is 79.4 Å². The number of nitrogens with zero attached hydrogens (tertiary/aromatic N) is 2. The lowest BCUT2D eigenvalue weighted by atomic mass is 9.79. The molecule has 6 nitrogen and oxygen atoms in total. The van der Waals surface area contributed by atoms with Crippen LogP contribution < -0.4 is 10.2 Å². The zero-order chi connectivity index (χ0) is 15.2. The number of thiazole rings is 1. The number of amides is 4. The van der Waals surface area contributed by atoms with Crippen LogP contribution in [0.15, 0.2) is 0 Å². The van der Waals surface area contributed by atoms with Gasteiger partial charge in [-0.3, -0.25) is 14.9 Å². The molecule has 2 aliphatic rings. The van der Waals surface area contributed by atoms with E-state index in [4.69, 9.17) is 0 Å². The van der Waals surface area contributed by atoms with Gasteiger partial charge in [-0.2, -0.15) is 0 Å². The summed E-state index contributed by atoms with van der Waals surface area (Å²) in [7, 11) is 0. The Morgan fingerprint density at radius 3 is 2.57 bits per heavy atom. The highest BCUT2D eigenvalue weighted by atomic mass is 32.1. The second-order valence-electron chi connectivity index (χ2n) is 5.41. The summed E-state index contributed by atoms with van der Waals surface area (Å²) in [6.07, 6.45) is 3.64. The van der Waals surface area contributed by atoms with Gasteiger partial charge in [0.1, 0.15) is 5.41 Å². The molecule has 112 valence electrons. The molecular weight excluding hydrogens is 290 g/mol. The van der Waals surface area contributed by atoms with E-state index < -0.39 is 23.3 Å². The minimum atomic E-state index is -1.16. The smallest absolute Gasteiger partial charge is 0.276 e. The molecular formula is C14H17N3O3S. The number of carbonyl (C=O) groups is 3. The lowest BCUT2D eigenvalue weighted by molar-refractivity contribution is -0.143. The van der Waals surface area contributed by atoms with Crippen LogP contribution in [0.3, 0.4) is 0 Å². The number of rotatable bonds is 3. The van der Waals surface area contributed by atoms with E-state index in [0.717, 1.165) is 34.7 Å². The molecule has 0 atom stereocenters. The first-order valence-corrected chi connectivity index (χ1v) is 8.03. The molecule has 3 rings (SSSR count). The van der Waals surface area contributed by atoms with Crippen molar-refractivity contribution in [3.8, 4) is 0 Å². The summed E-state index contributed by atoms with van der Waals surface area (Å²) < 4.78 is 0. The van der Waals surface area contributed by atoms with Crippen molar-refractivity contribution in [3.63, 3.8) is 0 Å². The van der Waals surface area contributed by atoms with E-state index in [-0.39, 0.29) is 0 Å². The molecule has 0 aromatic carbocycles. The Kier molecular flexibility index (Phi) is 3.32.